The van der Waals surface area contributed by atoms with E-state index in [2.05, 4.69) is 52.8 Å². The van der Waals surface area contributed by atoms with Gasteiger partial charge in [-0.1, -0.05) is 64.8 Å². The molecule has 4 rings (SSSR count). The van der Waals surface area contributed by atoms with E-state index in [-0.39, 0.29) is 6.10 Å². The third kappa shape index (κ3) is 3.24. The first-order valence-electron chi connectivity index (χ1n) is 12.4. The molecule has 0 aromatic carbocycles. The third-order valence-electron chi connectivity index (χ3n) is 10.2. The lowest BCUT2D eigenvalue weighted by atomic mass is 9.47. The van der Waals surface area contributed by atoms with Crippen LogP contribution in [0.15, 0.2) is 23.8 Å². The summed E-state index contributed by atoms with van der Waals surface area (Å²) in [6, 6.07) is 0. The minimum absolute atomic E-state index is 0.0845. The molecule has 1 N–H and O–H groups in total. The van der Waals surface area contributed by atoms with Gasteiger partial charge in [0.1, 0.15) is 0 Å². The molecule has 0 radical (unpaired) electrons. The summed E-state index contributed by atoms with van der Waals surface area (Å²) >= 11 is 0. The average Bonchev–Trinajstić information content (AvgIpc) is 3.03. The SMILES string of the molecule is CC[C@@H](C)/C=C/[C@@H](C)[C@H]1CC[C@H]2[C@@H]3CC=C4C[C@@H](O)CC[C@]4(C)[C@H]3CC[C@]12C. The standard InChI is InChI=1S/C27H44O/c1-6-18(2)7-8-19(3)23-11-12-24-22-10-9-20-17-21(28)13-15-26(20,4)25(22)14-16-27(23,24)5/h7-9,18-19,21-25,28H,6,10-17H2,1-5H3/b8-7+/t18-,19-,21+,22+,23-,24+,25+,26+,27-/m1/s1. The van der Waals surface area contributed by atoms with Crippen LogP contribution in [0.5, 0.6) is 0 Å². The van der Waals surface area contributed by atoms with Crippen LogP contribution in [0.4, 0.5) is 0 Å². The summed E-state index contributed by atoms with van der Waals surface area (Å²) in [5.41, 5.74) is 2.52. The normalized spacial score (nSPS) is 47.8. The Hall–Kier alpha value is -0.560. The molecule has 4 aliphatic rings. The zero-order chi connectivity index (χ0) is 20.1. The van der Waals surface area contributed by atoms with E-state index in [1.165, 1.54) is 44.9 Å². The van der Waals surface area contributed by atoms with Crippen molar-refractivity contribution in [3.8, 4) is 0 Å². The van der Waals surface area contributed by atoms with Crippen molar-refractivity contribution in [1.29, 1.82) is 0 Å². The summed E-state index contributed by atoms with van der Waals surface area (Å²) in [5.74, 6) is 4.96. The van der Waals surface area contributed by atoms with Gasteiger partial charge >= 0.3 is 0 Å². The van der Waals surface area contributed by atoms with Crippen LogP contribution in [0.25, 0.3) is 0 Å². The zero-order valence-corrected chi connectivity index (χ0v) is 19.1. The third-order valence-corrected chi connectivity index (χ3v) is 10.2. The molecule has 28 heavy (non-hydrogen) atoms. The fourth-order valence-corrected chi connectivity index (χ4v) is 8.18. The Morgan fingerprint density at radius 3 is 2.61 bits per heavy atom. The van der Waals surface area contributed by atoms with Crippen molar-refractivity contribution in [2.45, 2.75) is 98.5 Å². The molecule has 0 amide bonds. The van der Waals surface area contributed by atoms with Gasteiger partial charge in [0.05, 0.1) is 6.10 Å². The summed E-state index contributed by atoms with van der Waals surface area (Å²) in [7, 11) is 0. The second-order valence-corrected chi connectivity index (χ2v) is 11.5. The van der Waals surface area contributed by atoms with Gasteiger partial charge in [-0.2, -0.15) is 0 Å². The van der Waals surface area contributed by atoms with E-state index >= 15 is 0 Å². The Kier molecular flexibility index (Phi) is 5.62. The van der Waals surface area contributed by atoms with Crippen LogP contribution in [-0.4, -0.2) is 11.2 Å². The highest BCUT2D eigenvalue weighted by atomic mass is 16.3. The van der Waals surface area contributed by atoms with E-state index in [9.17, 15) is 5.11 Å². The monoisotopic (exact) mass is 384 g/mol. The molecule has 1 heteroatoms. The lowest BCUT2D eigenvalue weighted by molar-refractivity contribution is -0.0540. The van der Waals surface area contributed by atoms with Gasteiger partial charge in [0.25, 0.3) is 0 Å². The van der Waals surface area contributed by atoms with Gasteiger partial charge in [-0.15, -0.1) is 0 Å². The molecule has 0 heterocycles. The fraction of sp³-hybridized carbons (Fsp3) is 0.852. The van der Waals surface area contributed by atoms with Gasteiger partial charge in [0, 0.05) is 0 Å². The first-order valence-corrected chi connectivity index (χ1v) is 12.4. The number of hydrogen-bond donors (Lipinski definition) is 1. The van der Waals surface area contributed by atoms with E-state index in [0.29, 0.717) is 16.7 Å². The predicted octanol–water partition coefficient (Wildman–Crippen LogP) is 7.16. The molecule has 0 spiro atoms. The molecule has 4 aliphatic carbocycles. The first kappa shape index (κ1) is 20.7. The molecule has 3 fully saturated rings. The van der Waals surface area contributed by atoms with Crippen LogP contribution >= 0.6 is 0 Å². The zero-order valence-electron chi connectivity index (χ0n) is 19.1. The highest BCUT2D eigenvalue weighted by Gasteiger charge is 2.58. The Morgan fingerprint density at radius 2 is 1.86 bits per heavy atom. The van der Waals surface area contributed by atoms with Gasteiger partial charge in [-0.25, -0.2) is 0 Å². The van der Waals surface area contributed by atoms with Crippen molar-refractivity contribution < 1.29 is 5.11 Å². The Morgan fingerprint density at radius 1 is 1.07 bits per heavy atom. The summed E-state index contributed by atoms with van der Waals surface area (Å²) in [6.45, 7) is 12.3. The van der Waals surface area contributed by atoms with Crippen molar-refractivity contribution >= 4 is 0 Å². The average molecular weight is 385 g/mol. The summed E-state index contributed by atoms with van der Waals surface area (Å²) in [5, 5.41) is 10.2. The number of hydrogen-bond acceptors (Lipinski definition) is 1. The summed E-state index contributed by atoms with van der Waals surface area (Å²) in [4.78, 5) is 0. The number of allylic oxidation sites excluding steroid dienone is 3. The second-order valence-electron chi connectivity index (χ2n) is 11.5. The van der Waals surface area contributed by atoms with Crippen molar-refractivity contribution in [3.63, 3.8) is 0 Å². The number of rotatable bonds is 4. The quantitative estimate of drug-likeness (QED) is 0.510. The Bertz CT molecular complexity index is 632. The van der Waals surface area contributed by atoms with Crippen molar-refractivity contribution in [2.75, 3.05) is 0 Å². The van der Waals surface area contributed by atoms with E-state index in [0.717, 1.165) is 42.4 Å². The van der Waals surface area contributed by atoms with Gasteiger partial charge < -0.3 is 5.11 Å². The van der Waals surface area contributed by atoms with Crippen LogP contribution in [0.2, 0.25) is 0 Å². The van der Waals surface area contributed by atoms with E-state index in [1.54, 1.807) is 5.57 Å². The Labute approximate surface area is 174 Å². The molecule has 158 valence electrons. The highest BCUT2D eigenvalue weighted by molar-refractivity contribution is 5.25. The van der Waals surface area contributed by atoms with Crippen molar-refractivity contribution in [3.05, 3.63) is 23.8 Å². The molecule has 0 aromatic rings. The molecular weight excluding hydrogens is 340 g/mol. The molecule has 0 saturated heterocycles. The largest absolute Gasteiger partial charge is 0.393 e. The Balaban J connectivity index is 1.54. The maximum absolute atomic E-state index is 10.2. The van der Waals surface area contributed by atoms with Gasteiger partial charge in [0.15, 0.2) is 0 Å². The van der Waals surface area contributed by atoms with Crippen molar-refractivity contribution in [1.82, 2.24) is 0 Å². The fourth-order valence-electron chi connectivity index (χ4n) is 8.18. The minimum atomic E-state index is -0.0845. The van der Waals surface area contributed by atoms with Crippen LogP contribution in [0.1, 0.15) is 92.4 Å². The lowest BCUT2D eigenvalue weighted by Crippen LogP contribution is -2.50. The second kappa shape index (κ2) is 7.60. The molecule has 3 saturated carbocycles. The minimum Gasteiger partial charge on any atom is -0.393 e. The van der Waals surface area contributed by atoms with Crippen LogP contribution < -0.4 is 0 Å². The smallest absolute Gasteiger partial charge is 0.0577 e. The molecule has 1 nitrogen and oxygen atoms in total. The van der Waals surface area contributed by atoms with Crippen LogP contribution in [0.3, 0.4) is 0 Å². The molecule has 9 atom stereocenters. The topological polar surface area (TPSA) is 20.2 Å². The molecule has 0 aliphatic heterocycles. The van der Waals surface area contributed by atoms with Gasteiger partial charge in [-0.05, 0) is 97.7 Å². The van der Waals surface area contributed by atoms with E-state index < -0.39 is 0 Å². The number of aliphatic hydroxyl groups excluding tert-OH is 1. The van der Waals surface area contributed by atoms with Crippen molar-refractivity contribution in [2.24, 2.45) is 46.3 Å². The highest BCUT2D eigenvalue weighted by Crippen LogP contribution is 2.67. The lowest BCUT2D eigenvalue weighted by Gasteiger charge is -2.58. The number of aliphatic hydroxyl groups is 1. The van der Waals surface area contributed by atoms with Crippen LogP contribution in [-0.2, 0) is 0 Å². The number of fused-ring (bicyclic) bond motifs is 5. The molecule has 0 bridgehead atoms. The van der Waals surface area contributed by atoms with Crippen LogP contribution in [0, 0.1) is 46.3 Å². The molecule has 0 unspecified atom stereocenters. The predicted molar refractivity (Wildman–Crippen MR) is 119 cm³/mol. The summed E-state index contributed by atoms with van der Waals surface area (Å²) in [6.07, 6.45) is 19.0. The first-order chi connectivity index (χ1) is 13.3. The van der Waals surface area contributed by atoms with Gasteiger partial charge in [-0.3, -0.25) is 0 Å². The summed E-state index contributed by atoms with van der Waals surface area (Å²) < 4.78 is 0. The maximum atomic E-state index is 10.2. The van der Waals surface area contributed by atoms with Gasteiger partial charge in [0.2, 0.25) is 0 Å². The van der Waals surface area contributed by atoms with E-state index in [1.807, 2.05) is 0 Å². The maximum Gasteiger partial charge on any atom is 0.0577 e. The molecular formula is C27H44O. The molecule has 0 aromatic heterocycles. The van der Waals surface area contributed by atoms with E-state index in [4.69, 9.17) is 0 Å².